The number of carbonyl (C=O) groups is 2. The zero-order valence-corrected chi connectivity index (χ0v) is 18.9. The Bertz CT molecular complexity index is 811. The smallest absolute Gasteiger partial charge is 0.261 e. The molecule has 0 aliphatic rings. The van der Waals surface area contributed by atoms with Crippen molar-refractivity contribution in [3.05, 3.63) is 64.1 Å². The molecule has 156 valence electrons. The molecule has 1 N–H and O–H groups in total. The Balaban J connectivity index is 2.16. The van der Waals surface area contributed by atoms with Crippen molar-refractivity contribution in [1.82, 2.24) is 10.2 Å². The van der Waals surface area contributed by atoms with E-state index in [2.05, 4.69) is 21.2 Å². The van der Waals surface area contributed by atoms with Crippen LogP contribution in [0.5, 0.6) is 5.75 Å². The van der Waals surface area contributed by atoms with Crippen LogP contribution in [0.1, 0.15) is 37.8 Å². The van der Waals surface area contributed by atoms with Gasteiger partial charge in [-0.25, -0.2) is 0 Å². The highest BCUT2D eigenvalue weighted by molar-refractivity contribution is 9.10. The quantitative estimate of drug-likeness (QED) is 0.568. The van der Waals surface area contributed by atoms with E-state index < -0.39 is 6.04 Å². The molecule has 0 fully saturated rings. The zero-order valence-electron chi connectivity index (χ0n) is 17.3. The van der Waals surface area contributed by atoms with Crippen molar-refractivity contribution in [3.8, 4) is 5.75 Å². The van der Waals surface area contributed by atoms with Crippen LogP contribution < -0.4 is 10.1 Å². The van der Waals surface area contributed by atoms with Gasteiger partial charge in [-0.1, -0.05) is 60.1 Å². The lowest BCUT2D eigenvalue weighted by molar-refractivity contribution is -0.143. The number of hydrogen-bond acceptors (Lipinski definition) is 3. The van der Waals surface area contributed by atoms with Crippen LogP contribution in [-0.4, -0.2) is 35.9 Å². The van der Waals surface area contributed by atoms with Gasteiger partial charge < -0.3 is 15.0 Å². The predicted octanol–water partition coefficient (Wildman–Crippen LogP) is 4.47. The van der Waals surface area contributed by atoms with E-state index in [0.717, 1.165) is 22.0 Å². The molecule has 0 spiro atoms. The van der Waals surface area contributed by atoms with Gasteiger partial charge in [0.1, 0.15) is 11.8 Å². The molecule has 0 aromatic heterocycles. The standard InChI is InChI=1S/C23H29BrN2O3/c1-4-13-25-23(28)21(5-2)26(15-18-9-7-6-8-10-18)22(27)16-29-19-11-12-20(24)17(3)14-19/h6-12,14,21H,4-5,13,15-16H2,1-3H3,(H,25,28). The Kier molecular flexibility index (Phi) is 9.19. The van der Waals surface area contributed by atoms with E-state index in [1.165, 1.54) is 0 Å². The van der Waals surface area contributed by atoms with Gasteiger partial charge in [0.25, 0.3) is 5.91 Å². The maximum absolute atomic E-state index is 13.1. The van der Waals surface area contributed by atoms with E-state index in [4.69, 9.17) is 4.74 Å². The summed E-state index contributed by atoms with van der Waals surface area (Å²) in [6.07, 6.45) is 1.38. The van der Waals surface area contributed by atoms with Gasteiger partial charge in [-0.15, -0.1) is 0 Å². The minimum atomic E-state index is -0.537. The van der Waals surface area contributed by atoms with Gasteiger partial charge in [0.15, 0.2) is 6.61 Å². The molecule has 2 amide bonds. The predicted molar refractivity (Wildman–Crippen MR) is 119 cm³/mol. The summed E-state index contributed by atoms with van der Waals surface area (Å²) >= 11 is 3.46. The second-order valence-corrected chi connectivity index (χ2v) is 7.78. The molecule has 0 aliphatic carbocycles. The highest BCUT2D eigenvalue weighted by atomic mass is 79.9. The summed E-state index contributed by atoms with van der Waals surface area (Å²) in [5, 5.41) is 2.91. The van der Waals surface area contributed by atoms with E-state index in [1.807, 2.05) is 69.3 Å². The maximum Gasteiger partial charge on any atom is 0.261 e. The van der Waals surface area contributed by atoms with Crippen molar-refractivity contribution in [2.24, 2.45) is 0 Å². The molecule has 2 aromatic rings. The molecule has 0 radical (unpaired) electrons. The van der Waals surface area contributed by atoms with E-state index in [1.54, 1.807) is 4.90 Å². The van der Waals surface area contributed by atoms with Gasteiger partial charge in [0, 0.05) is 17.6 Å². The fourth-order valence-electron chi connectivity index (χ4n) is 3.00. The molecule has 1 unspecified atom stereocenters. The first-order chi connectivity index (χ1) is 14.0. The second kappa shape index (κ2) is 11.6. The number of carbonyl (C=O) groups excluding carboxylic acids is 2. The normalized spacial score (nSPS) is 11.6. The third-order valence-electron chi connectivity index (χ3n) is 4.62. The van der Waals surface area contributed by atoms with Crippen LogP contribution in [0.15, 0.2) is 53.0 Å². The van der Waals surface area contributed by atoms with Crippen LogP contribution in [0.2, 0.25) is 0 Å². The molecule has 0 heterocycles. The largest absolute Gasteiger partial charge is 0.484 e. The molecule has 6 heteroatoms. The lowest BCUT2D eigenvalue weighted by Crippen LogP contribution is -2.50. The summed E-state index contributed by atoms with van der Waals surface area (Å²) in [5.41, 5.74) is 2.00. The topological polar surface area (TPSA) is 58.6 Å². The molecule has 0 saturated heterocycles. The molecular weight excluding hydrogens is 432 g/mol. The summed E-state index contributed by atoms with van der Waals surface area (Å²) in [6, 6.07) is 14.7. The Hall–Kier alpha value is -2.34. The zero-order chi connectivity index (χ0) is 21.2. The molecule has 0 saturated carbocycles. The molecule has 2 rings (SSSR count). The fourth-order valence-corrected chi connectivity index (χ4v) is 3.25. The molecule has 2 aromatic carbocycles. The molecule has 0 aliphatic heterocycles. The van der Waals surface area contributed by atoms with Gasteiger partial charge in [-0.2, -0.15) is 0 Å². The summed E-state index contributed by atoms with van der Waals surface area (Å²) in [4.78, 5) is 27.4. The maximum atomic E-state index is 13.1. The molecular formula is C23H29BrN2O3. The van der Waals surface area contributed by atoms with Crippen molar-refractivity contribution >= 4 is 27.7 Å². The molecule has 0 bridgehead atoms. The fraction of sp³-hybridized carbons (Fsp3) is 0.391. The molecule has 5 nitrogen and oxygen atoms in total. The second-order valence-electron chi connectivity index (χ2n) is 6.92. The van der Waals surface area contributed by atoms with Gasteiger partial charge in [0.2, 0.25) is 5.91 Å². The number of halogens is 1. The minimum Gasteiger partial charge on any atom is -0.484 e. The van der Waals surface area contributed by atoms with Gasteiger partial charge in [-0.3, -0.25) is 9.59 Å². The SMILES string of the molecule is CCCNC(=O)C(CC)N(Cc1ccccc1)C(=O)COc1ccc(Br)c(C)c1. The Morgan fingerprint density at radius 2 is 1.86 bits per heavy atom. The van der Waals surface area contributed by atoms with E-state index >= 15 is 0 Å². The van der Waals surface area contributed by atoms with Crippen LogP contribution in [0.4, 0.5) is 0 Å². The van der Waals surface area contributed by atoms with Crippen LogP contribution in [0, 0.1) is 6.92 Å². The van der Waals surface area contributed by atoms with E-state index in [9.17, 15) is 9.59 Å². The van der Waals surface area contributed by atoms with Crippen molar-refractivity contribution in [3.63, 3.8) is 0 Å². The van der Waals surface area contributed by atoms with E-state index in [0.29, 0.717) is 25.3 Å². The van der Waals surface area contributed by atoms with Crippen LogP contribution >= 0.6 is 15.9 Å². The summed E-state index contributed by atoms with van der Waals surface area (Å²) in [7, 11) is 0. The monoisotopic (exact) mass is 460 g/mol. The Morgan fingerprint density at radius 1 is 1.14 bits per heavy atom. The van der Waals surface area contributed by atoms with Crippen LogP contribution in [-0.2, 0) is 16.1 Å². The lowest BCUT2D eigenvalue weighted by Gasteiger charge is -2.30. The summed E-state index contributed by atoms with van der Waals surface area (Å²) in [5.74, 6) is 0.285. The lowest BCUT2D eigenvalue weighted by atomic mass is 10.1. The Morgan fingerprint density at radius 3 is 2.48 bits per heavy atom. The molecule has 29 heavy (non-hydrogen) atoms. The van der Waals surface area contributed by atoms with Crippen molar-refractivity contribution in [1.29, 1.82) is 0 Å². The third-order valence-corrected chi connectivity index (χ3v) is 5.51. The number of hydrogen-bond donors (Lipinski definition) is 1. The van der Waals surface area contributed by atoms with Gasteiger partial charge in [0.05, 0.1) is 0 Å². The Labute approximate surface area is 181 Å². The van der Waals surface area contributed by atoms with Crippen molar-refractivity contribution < 1.29 is 14.3 Å². The number of nitrogens with zero attached hydrogens (tertiary/aromatic N) is 1. The van der Waals surface area contributed by atoms with Crippen LogP contribution in [0.25, 0.3) is 0 Å². The first-order valence-electron chi connectivity index (χ1n) is 9.96. The van der Waals surface area contributed by atoms with Crippen LogP contribution in [0.3, 0.4) is 0 Å². The highest BCUT2D eigenvalue weighted by Gasteiger charge is 2.28. The summed E-state index contributed by atoms with van der Waals surface area (Å²) < 4.78 is 6.72. The average Bonchev–Trinajstić information content (AvgIpc) is 2.73. The van der Waals surface area contributed by atoms with Gasteiger partial charge >= 0.3 is 0 Å². The first-order valence-corrected chi connectivity index (χ1v) is 10.8. The van der Waals surface area contributed by atoms with Crippen molar-refractivity contribution in [2.45, 2.75) is 46.2 Å². The third kappa shape index (κ3) is 6.89. The number of amides is 2. The van der Waals surface area contributed by atoms with Crippen molar-refractivity contribution in [2.75, 3.05) is 13.2 Å². The number of rotatable bonds is 10. The van der Waals surface area contributed by atoms with Gasteiger partial charge in [-0.05, 0) is 49.1 Å². The number of benzene rings is 2. The summed E-state index contributed by atoms with van der Waals surface area (Å²) in [6.45, 7) is 6.72. The number of ether oxygens (including phenoxy) is 1. The number of nitrogens with one attached hydrogen (secondary N) is 1. The highest BCUT2D eigenvalue weighted by Crippen LogP contribution is 2.22. The number of aryl methyl sites for hydroxylation is 1. The average molecular weight is 461 g/mol. The molecule has 1 atom stereocenters. The minimum absolute atomic E-state index is 0.120. The first kappa shape index (κ1) is 22.9. The van der Waals surface area contributed by atoms with E-state index in [-0.39, 0.29) is 18.4 Å².